The highest BCUT2D eigenvalue weighted by Crippen LogP contribution is 2.50. The van der Waals surface area contributed by atoms with E-state index in [1.54, 1.807) is 18.2 Å². The summed E-state index contributed by atoms with van der Waals surface area (Å²) in [5, 5.41) is 0. The van der Waals surface area contributed by atoms with Crippen molar-refractivity contribution in [2.75, 3.05) is 12.8 Å². The number of benzene rings is 2. The predicted octanol–water partition coefficient (Wildman–Crippen LogP) is 3.33. The lowest BCUT2D eigenvalue weighted by atomic mass is 9.87. The van der Waals surface area contributed by atoms with Gasteiger partial charge in [0.25, 0.3) is 0 Å². The predicted molar refractivity (Wildman–Crippen MR) is 79.0 cm³/mol. The molecule has 0 amide bonds. The molecule has 0 radical (unpaired) electrons. The molecule has 1 aliphatic carbocycles. The van der Waals surface area contributed by atoms with Crippen LogP contribution in [0.2, 0.25) is 0 Å². The van der Waals surface area contributed by atoms with Crippen LogP contribution in [0, 0.1) is 5.82 Å². The van der Waals surface area contributed by atoms with E-state index in [0.717, 1.165) is 18.4 Å². The van der Waals surface area contributed by atoms with E-state index in [4.69, 9.17) is 10.5 Å². The van der Waals surface area contributed by atoms with E-state index in [0.29, 0.717) is 11.4 Å². The zero-order valence-electron chi connectivity index (χ0n) is 11.7. The summed E-state index contributed by atoms with van der Waals surface area (Å²) in [6.45, 7) is 0. The second-order valence-electron chi connectivity index (χ2n) is 5.38. The normalized spacial score (nSPS) is 15.5. The molecule has 0 heterocycles. The number of hydrogen-bond acceptors (Lipinski definition) is 3. The summed E-state index contributed by atoms with van der Waals surface area (Å²) in [7, 11) is 1.47. The first kappa shape index (κ1) is 13.6. The van der Waals surface area contributed by atoms with Gasteiger partial charge in [-0.25, -0.2) is 4.39 Å². The van der Waals surface area contributed by atoms with Gasteiger partial charge in [0.2, 0.25) is 0 Å². The van der Waals surface area contributed by atoms with Crippen molar-refractivity contribution in [2.24, 2.45) is 0 Å². The number of nitrogens with two attached hydrogens (primary N) is 1. The molecule has 0 unspecified atom stereocenters. The lowest BCUT2D eigenvalue weighted by molar-refractivity contribution is 0.0942. The standard InChI is InChI=1S/C17H16FNO2/c1-21-13-6-7-14(15(18)10-13)16(20)17(8-9-17)11-2-4-12(19)5-3-11/h2-7,10H,8-9,19H2,1H3. The van der Waals surface area contributed by atoms with E-state index >= 15 is 0 Å². The number of ketones is 1. The first-order valence-electron chi connectivity index (χ1n) is 6.81. The maximum Gasteiger partial charge on any atom is 0.176 e. The van der Waals surface area contributed by atoms with Crippen LogP contribution in [0.1, 0.15) is 28.8 Å². The molecule has 3 nitrogen and oxygen atoms in total. The fraction of sp³-hybridized carbons (Fsp3) is 0.235. The third-order valence-electron chi connectivity index (χ3n) is 4.07. The molecule has 0 saturated heterocycles. The van der Waals surface area contributed by atoms with Gasteiger partial charge < -0.3 is 10.5 Å². The van der Waals surface area contributed by atoms with Crippen LogP contribution in [0.3, 0.4) is 0 Å². The van der Waals surface area contributed by atoms with Crippen molar-refractivity contribution >= 4 is 11.5 Å². The number of hydrogen-bond donors (Lipinski definition) is 1. The smallest absolute Gasteiger partial charge is 0.176 e. The maximum absolute atomic E-state index is 14.1. The Labute approximate surface area is 122 Å². The first-order valence-corrected chi connectivity index (χ1v) is 6.81. The zero-order chi connectivity index (χ0) is 15.0. The van der Waals surface area contributed by atoms with Gasteiger partial charge in [-0.3, -0.25) is 4.79 Å². The molecule has 0 aliphatic heterocycles. The Balaban J connectivity index is 1.96. The summed E-state index contributed by atoms with van der Waals surface area (Å²) >= 11 is 0. The molecule has 2 aromatic carbocycles. The average molecular weight is 285 g/mol. The second-order valence-corrected chi connectivity index (χ2v) is 5.38. The number of anilines is 1. The van der Waals surface area contributed by atoms with Gasteiger partial charge in [-0.2, -0.15) is 0 Å². The van der Waals surface area contributed by atoms with Crippen LogP contribution >= 0.6 is 0 Å². The summed E-state index contributed by atoms with van der Waals surface area (Å²) in [5.74, 6) is -0.310. The Morgan fingerprint density at radius 2 is 1.86 bits per heavy atom. The maximum atomic E-state index is 14.1. The van der Waals surface area contributed by atoms with Crippen LogP contribution in [0.15, 0.2) is 42.5 Å². The van der Waals surface area contributed by atoms with Crippen molar-refractivity contribution in [1.29, 1.82) is 0 Å². The van der Waals surface area contributed by atoms with E-state index < -0.39 is 11.2 Å². The summed E-state index contributed by atoms with van der Waals surface area (Å²) in [6.07, 6.45) is 1.47. The molecule has 0 atom stereocenters. The summed E-state index contributed by atoms with van der Waals surface area (Å²) in [4.78, 5) is 12.7. The molecule has 1 fully saturated rings. The summed E-state index contributed by atoms with van der Waals surface area (Å²) in [6, 6.07) is 11.6. The van der Waals surface area contributed by atoms with E-state index in [9.17, 15) is 9.18 Å². The third-order valence-corrected chi connectivity index (χ3v) is 4.07. The minimum atomic E-state index is -0.594. The molecular formula is C17H16FNO2. The topological polar surface area (TPSA) is 52.3 Å². The quantitative estimate of drug-likeness (QED) is 0.692. The first-order chi connectivity index (χ1) is 10.1. The second kappa shape index (κ2) is 4.88. The Hall–Kier alpha value is -2.36. The van der Waals surface area contributed by atoms with Gasteiger partial charge in [0.05, 0.1) is 18.1 Å². The van der Waals surface area contributed by atoms with Crippen molar-refractivity contribution in [3.63, 3.8) is 0 Å². The van der Waals surface area contributed by atoms with Gasteiger partial charge in [0.15, 0.2) is 5.78 Å². The van der Waals surface area contributed by atoms with Crippen LogP contribution < -0.4 is 10.5 Å². The number of ether oxygens (including phenoxy) is 1. The zero-order valence-corrected chi connectivity index (χ0v) is 11.7. The van der Waals surface area contributed by atoms with Crippen LogP contribution in [-0.4, -0.2) is 12.9 Å². The Morgan fingerprint density at radius 1 is 1.19 bits per heavy atom. The number of rotatable bonds is 4. The Kier molecular flexibility index (Phi) is 3.16. The fourth-order valence-electron chi connectivity index (χ4n) is 2.64. The van der Waals surface area contributed by atoms with Crippen LogP contribution in [0.25, 0.3) is 0 Å². The van der Waals surface area contributed by atoms with Gasteiger partial charge >= 0.3 is 0 Å². The summed E-state index contributed by atoms with van der Waals surface area (Å²) in [5.41, 5.74) is 6.75. The number of Topliss-reactive ketones (excluding diaryl/α,β-unsaturated/α-hetero) is 1. The van der Waals surface area contributed by atoms with Crippen molar-refractivity contribution in [3.8, 4) is 5.75 Å². The lowest BCUT2D eigenvalue weighted by Gasteiger charge is -2.15. The van der Waals surface area contributed by atoms with Crippen LogP contribution in [0.4, 0.5) is 10.1 Å². The molecule has 1 saturated carbocycles. The van der Waals surface area contributed by atoms with Crippen molar-refractivity contribution in [2.45, 2.75) is 18.3 Å². The SMILES string of the molecule is COc1ccc(C(=O)C2(c3ccc(N)cc3)CC2)c(F)c1. The van der Waals surface area contributed by atoms with Crippen molar-refractivity contribution in [1.82, 2.24) is 0 Å². The molecule has 0 aromatic heterocycles. The van der Waals surface area contributed by atoms with Crippen LogP contribution in [-0.2, 0) is 5.41 Å². The number of nitrogen functional groups attached to an aromatic ring is 1. The fourth-order valence-corrected chi connectivity index (χ4v) is 2.64. The third kappa shape index (κ3) is 2.27. The van der Waals surface area contributed by atoms with Gasteiger partial charge in [0, 0.05) is 11.8 Å². The monoisotopic (exact) mass is 285 g/mol. The minimum Gasteiger partial charge on any atom is -0.497 e. The number of carbonyl (C=O) groups is 1. The number of halogens is 1. The highest BCUT2D eigenvalue weighted by molar-refractivity contribution is 6.06. The average Bonchev–Trinajstić information content (AvgIpc) is 3.29. The van der Waals surface area contributed by atoms with Crippen LogP contribution in [0.5, 0.6) is 5.75 Å². The number of methoxy groups -OCH3 is 1. The molecule has 4 heteroatoms. The van der Waals surface area contributed by atoms with E-state index in [1.165, 1.54) is 19.2 Å². The molecule has 1 aliphatic rings. The van der Waals surface area contributed by atoms with Crippen molar-refractivity contribution < 1.29 is 13.9 Å². The number of carbonyl (C=O) groups excluding carboxylic acids is 1. The lowest BCUT2D eigenvalue weighted by Crippen LogP contribution is -2.21. The van der Waals surface area contributed by atoms with Gasteiger partial charge in [-0.15, -0.1) is 0 Å². The highest BCUT2D eigenvalue weighted by Gasteiger charge is 2.51. The molecule has 108 valence electrons. The van der Waals surface area contributed by atoms with E-state index in [-0.39, 0.29) is 11.3 Å². The van der Waals surface area contributed by atoms with Gasteiger partial charge in [-0.1, -0.05) is 12.1 Å². The Bertz CT molecular complexity index is 690. The van der Waals surface area contributed by atoms with E-state index in [1.807, 2.05) is 12.1 Å². The van der Waals surface area contributed by atoms with Crippen molar-refractivity contribution in [3.05, 3.63) is 59.4 Å². The van der Waals surface area contributed by atoms with Gasteiger partial charge in [-0.05, 0) is 42.7 Å². The molecule has 0 bridgehead atoms. The highest BCUT2D eigenvalue weighted by atomic mass is 19.1. The molecular weight excluding hydrogens is 269 g/mol. The molecule has 2 aromatic rings. The molecule has 0 spiro atoms. The minimum absolute atomic E-state index is 0.116. The Morgan fingerprint density at radius 3 is 2.38 bits per heavy atom. The molecule has 21 heavy (non-hydrogen) atoms. The summed E-state index contributed by atoms with van der Waals surface area (Å²) < 4.78 is 19.1. The molecule has 2 N–H and O–H groups in total. The van der Waals surface area contributed by atoms with E-state index in [2.05, 4.69) is 0 Å². The molecule has 3 rings (SSSR count). The largest absolute Gasteiger partial charge is 0.497 e. The van der Waals surface area contributed by atoms with Gasteiger partial charge in [0.1, 0.15) is 11.6 Å².